The van der Waals surface area contributed by atoms with Crippen LogP contribution in [0.3, 0.4) is 0 Å². The largest absolute Gasteiger partial charge is 0.481 e. The number of carbonyl (C=O) groups excluding carboxylic acids is 1. The summed E-state index contributed by atoms with van der Waals surface area (Å²) in [6, 6.07) is 20.6. The highest BCUT2D eigenvalue weighted by molar-refractivity contribution is 5.93. The van der Waals surface area contributed by atoms with Gasteiger partial charge in [0, 0.05) is 17.5 Å². The molecule has 4 aromatic rings. The van der Waals surface area contributed by atoms with Crippen LogP contribution in [0.2, 0.25) is 0 Å². The lowest BCUT2D eigenvalue weighted by Crippen LogP contribution is -2.25. The molecule has 0 unspecified atom stereocenters. The van der Waals surface area contributed by atoms with Crippen molar-refractivity contribution >= 4 is 16.9 Å². The van der Waals surface area contributed by atoms with Crippen LogP contribution in [0.5, 0.6) is 5.75 Å². The first-order chi connectivity index (χ1) is 20.3. The van der Waals surface area contributed by atoms with Crippen molar-refractivity contribution in [3.63, 3.8) is 0 Å². The van der Waals surface area contributed by atoms with Gasteiger partial charge >= 0.3 is 11.7 Å². The molecule has 8 heteroatoms. The average molecular weight is 568 g/mol. The van der Waals surface area contributed by atoms with Gasteiger partial charge in [0.15, 0.2) is 0 Å². The molecule has 0 spiro atoms. The first-order valence-electron chi connectivity index (χ1n) is 14.0. The highest BCUT2D eigenvalue weighted by Crippen LogP contribution is 2.30. The minimum absolute atomic E-state index is 0.127. The average Bonchev–Trinajstić information content (AvgIpc) is 2.99. The Morgan fingerprint density at radius 2 is 1.81 bits per heavy atom. The maximum Gasteiger partial charge on any atom is 0.348 e. The molecular formula is C34H37N3O5. The molecule has 0 aliphatic carbocycles. The summed E-state index contributed by atoms with van der Waals surface area (Å²) >= 11 is 0. The van der Waals surface area contributed by atoms with Gasteiger partial charge in [-0.15, -0.1) is 6.42 Å². The second-order valence-electron chi connectivity index (χ2n) is 10.5. The zero-order valence-corrected chi connectivity index (χ0v) is 24.6. The molecule has 0 amide bonds. The van der Waals surface area contributed by atoms with Crippen molar-refractivity contribution in [2.24, 2.45) is 0 Å². The summed E-state index contributed by atoms with van der Waals surface area (Å²) in [6.07, 6.45) is 5.39. The third kappa shape index (κ3) is 7.84. The number of nitrogens with zero attached hydrogens (tertiary/aromatic N) is 3. The quantitative estimate of drug-likeness (QED) is 0.128. The summed E-state index contributed by atoms with van der Waals surface area (Å²) in [4.78, 5) is 32.6. The van der Waals surface area contributed by atoms with Crippen LogP contribution in [0.15, 0.2) is 71.5 Å². The summed E-state index contributed by atoms with van der Waals surface area (Å²) < 4.78 is 18.2. The molecule has 0 aliphatic rings. The van der Waals surface area contributed by atoms with Gasteiger partial charge < -0.3 is 19.1 Å². The van der Waals surface area contributed by atoms with E-state index in [1.54, 1.807) is 28.8 Å². The molecule has 8 nitrogen and oxygen atoms in total. The number of likely N-dealkylation sites (N-methyl/N-ethyl adjacent to an activating group) is 1. The molecule has 218 valence electrons. The third-order valence-electron chi connectivity index (χ3n) is 6.77. The summed E-state index contributed by atoms with van der Waals surface area (Å²) in [5.41, 5.74) is 4.05. The number of ether oxygens (including phenoxy) is 3. The van der Waals surface area contributed by atoms with Crippen LogP contribution in [0.25, 0.3) is 22.2 Å². The van der Waals surface area contributed by atoms with Crippen molar-refractivity contribution in [3.05, 3.63) is 93.9 Å². The van der Waals surface area contributed by atoms with E-state index in [0.717, 1.165) is 23.1 Å². The predicted molar refractivity (Wildman–Crippen MR) is 165 cm³/mol. The third-order valence-corrected chi connectivity index (χ3v) is 6.77. The van der Waals surface area contributed by atoms with Gasteiger partial charge in [0.2, 0.25) is 0 Å². The maximum atomic E-state index is 13.4. The lowest BCUT2D eigenvalue weighted by atomic mass is 9.99. The molecular weight excluding hydrogens is 530 g/mol. The predicted octanol–water partition coefficient (Wildman–Crippen LogP) is 4.98. The molecule has 1 aromatic heterocycles. The standard InChI is InChI=1S/C34H37N3O5/c1-6-17-41-29-14-15-31-30(22-29)32(27-12-10-26(11-13-27)24(2)3)35-34(39)37(31)23-25-8-7-9-28(21-25)33(38)42-20-19-40-18-16-36(4)5/h1,7-15,21-22,24H,16-20,23H2,2-5H3. The van der Waals surface area contributed by atoms with Crippen molar-refractivity contribution < 1.29 is 19.0 Å². The second kappa shape index (κ2) is 14.4. The number of carbonyl (C=O) groups is 1. The van der Waals surface area contributed by atoms with E-state index in [2.05, 4.69) is 36.9 Å². The Hall–Kier alpha value is -4.45. The smallest absolute Gasteiger partial charge is 0.348 e. The highest BCUT2D eigenvalue weighted by Gasteiger charge is 2.15. The van der Waals surface area contributed by atoms with Crippen molar-refractivity contribution in [2.75, 3.05) is 47.1 Å². The van der Waals surface area contributed by atoms with Crippen LogP contribution in [0.1, 0.15) is 41.3 Å². The van der Waals surface area contributed by atoms with E-state index in [1.165, 1.54) is 5.56 Å². The van der Waals surface area contributed by atoms with Crippen molar-refractivity contribution in [3.8, 4) is 29.4 Å². The van der Waals surface area contributed by atoms with E-state index in [0.29, 0.717) is 41.7 Å². The van der Waals surface area contributed by atoms with Gasteiger partial charge in [-0.25, -0.2) is 9.59 Å². The monoisotopic (exact) mass is 567 g/mol. The van der Waals surface area contributed by atoms with Gasteiger partial charge in [0.1, 0.15) is 19.0 Å². The van der Waals surface area contributed by atoms with Gasteiger partial charge in [0.25, 0.3) is 0 Å². The van der Waals surface area contributed by atoms with E-state index < -0.39 is 11.7 Å². The normalized spacial score (nSPS) is 11.2. The molecule has 3 aromatic carbocycles. The Bertz CT molecular complexity index is 1620. The maximum absolute atomic E-state index is 13.4. The molecule has 1 heterocycles. The highest BCUT2D eigenvalue weighted by atomic mass is 16.6. The van der Waals surface area contributed by atoms with Crippen molar-refractivity contribution in [1.82, 2.24) is 14.5 Å². The van der Waals surface area contributed by atoms with Crippen LogP contribution < -0.4 is 10.4 Å². The van der Waals surface area contributed by atoms with Crippen molar-refractivity contribution in [1.29, 1.82) is 0 Å². The van der Waals surface area contributed by atoms with Crippen LogP contribution in [0, 0.1) is 12.3 Å². The van der Waals surface area contributed by atoms with Crippen LogP contribution in [0.4, 0.5) is 0 Å². The SMILES string of the molecule is C#CCOc1ccc2c(c1)c(-c1ccc(C(C)C)cc1)nc(=O)n2Cc1cccc(C(=O)OCCOCCN(C)C)c1. The zero-order chi connectivity index (χ0) is 30.1. The van der Waals surface area contributed by atoms with Gasteiger partial charge in [-0.1, -0.05) is 56.2 Å². The molecule has 0 N–H and O–H groups in total. The molecule has 0 aliphatic heterocycles. The number of rotatable bonds is 13. The van der Waals surface area contributed by atoms with Gasteiger partial charge in [0.05, 0.1) is 36.5 Å². The molecule has 0 fully saturated rings. The van der Waals surface area contributed by atoms with Gasteiger partial charge in [-0.3, -0.25) is 4.57 Å². The fraction of sp³-hybridized carbons (Fsp3) is 0.324. The lowest BCUT2D eigenvalue weighted by Gasteiger charge is -2.15. The topological polar surface area (TPSA) is 82.9 Å². The van der Waals surface area contributed by atoms with E-state index in [-0.39, 0.29) is 19.8 Å². The number of hydrogen-bond donors (Lipinski definition) is 0. The summed E-state index contributed by atoms with van der Waals surface area (Å²) in [7, 11) is 3.94. The number of aromatic nitrogens is 2. The van der Waals surface area contributed by atoms with Crippen LogP contribution >= 0.6 is 0 Å². The summed E-state index contributed by atoms with van der Waals surface area (Å²) in [5, 5.41) is 0.756. The first kappa shape index (κ1) is 30.5. The molecule has 0 atom stereocenters. The Balaban J connectivity index is 1.61. The van der Waals surface area contributed by atoms with Crippen LogP contribution in [-0.4, -0.2) is 67.5 Å². The zero-order valence-electron chi connectivity index (χ0n) is 24.6. The Morgan fingerprint density at radius 3 is 2.52 bits per heavy atom. The van der Waals surface area contributed by atoms with Crippen LogP contribution in [-0.2, 0) is 16.0 Å². The number of benzene rings is 3. The molecule has 0 bridgehead atoms. The van der Waals surface area contributed by atoms with E-state index >= 15 is 0 Å². The fourth-order valence-electron chi connectivity index (χ4n) is 4.48. The second-order valence-corrected chi connectivity index (χ2v) is 10.5. The summed E-state index contributed by atoms with van der Waals surface area (Å²) in [6.45, 7) is 6.46. The minimum Gasteiger partial charge on any atom is -0.481 e. The van der Waals surface area contributed by atoms with E-state index in [9.17, 15) is 9.59 Å². The Labute approximate surface area is 246 Å². The molecule has 4 rings (SSSR count). The van der Waals surface area contributed by atoms with Gasteiger partial charge in [-0.2, -0.15) is 4.98 Å². The number of hydrogen-bond acceptors (Lipinski definition) is 7. The Kier molecular flexibility index (Phi) is 10.5. The van der Waals surface area contributed by atoms with E-state index in [1.807, 2.05) is 49.3 Å². The number of fused-ring (bicyclic) bond motifs is 1. The number of esters is 1. The molecule has 0 saturated carbocycles. The van der Waals surface area contributed by atoms with Crippen molar-refractivity contribution in [2.45, 2.75) is 26.3 Å². The lowest BCUT2D eigenvalue weighted by molar-refractivity contribution is 0.0299. The minimum atomic E-state index is -0.445. The van der Waals surface area contributed by atoms with Gasteiger partial charge in [-0.05, 0) is 61.5 Å². The molecule has 0 radical (unpaired) electrons. The first-order valence-corrected chi connectivity index (χ1v) is 14.0. The Morgan fingerprint density at radius 1 is 1.02 bits per heavy atom. The van der Waals surface area contributed by atoms with E-state index in [4.69, 9.17) is 20.6 Å². The number of terminal acetylenes is 1. The summed E-state index contributed by atoms with van der Waals surface area (Å²) in [5.74, 6) is 3.01. The fourth-order valence-corrected chi connectivity index (χ4v) is 4.48. The molecule has 0 saturated heterocycles. The molecule has 42 heavy (non-hydrogen) atoms.